The SMILES string of the molecule is CCCOc1c(CCC)cc(CCC)c(O)c1C=CC(=O)c1ccc(O)cc1. The first-order valence-corrected chi connectivity index (χ1v) is 10.0. The lowest BCUT2D eigenvalue weighted by Gasteiger charge is -2.18. The van der Waals surface area contributed by atoms with Gasteiger partial charge in [0.25, 0.3) is 0 Å². The van der Waals surface area contributed by atoms with Gasteiger partial charge in [-0.1, -0.05) is 33.6 Å². The van der Waals surface area contributed by atoms with Crippen LogP contribution in [0.1, 0.15) is 67.1 Å². The number of ketones is 1. The predicted molar refractivity (Wildman–Crippen MR) is 113 cm³/mol. The van der Waals surface area contributed by atoms with Gasteiger partial charge in [0.1, 0.15) is 17.2 Å². The molecule has 0 atom stereocenters. The molecule has 0 fully saturated rings. The minimum Gasteiger partial charge on any atom is -0.508 e. The maximum Gasteiger partial charge on any atom is 0.185 e. The van der Waals surface area contributed by atoms with Gasteiger partial charge >= 0.3 is 0 Å². The van der Waals surface area contributed by atoms with Gasteiger partial charge in [-0.3, -0.25) is 4.79 Å². The van der Waals surface area contributed by atoms with Crippen molar-refractivity contribution in [1.82, 2.24) is 0 Å². The van der Waals surface area contributed by atoms with Gasteiger partial charge in [0, 0.05) is 5.56 Å². The molecule has 0 saturated carbocycles. The van der Waals surface area contributed by atoms with Gasteiger partial charge in [-0.15, -0.1) is 0 Å². The van der Waals surface area contributed by atoms with Gasteiger partial charge in [-0.2, -0.15) is 0 Å². The number of aryl methyl sites for hydroxylation is 2. The molecule has 0 bridgehead atoms. The van der Waals surface area contributed by atoms with Gasteiger partial charge in [0.05, 0.1) is 12.2 Å². The van der Waals surface area contributed by atoms with Crippen LogP contribution in [-0.2, 0) is 12.8 Å². The average molecular weight is 383 g/mol. The Hall–Kier alpha value is -2.75. The molecule has 28 heavy (non-hydrogen) atoms. The first kappa shape index (κ1) is 21.5. The molecule has 2 aromatic carbocycles. The van der Waals surface area contributed by atoms with Crippen molar-refractivity contribution in [2.45, 2.75) is 52.9 Å². The van der Waals surface area contributed by atoms with E-state index in [2.05, 4.69) is 13.8 Å². The molecule has 2 rings (SSSR count). The van der Waals surface area contributed by atoms with Crippen molar-refractivity contribution < 1.29 is 19.7 Å². The number of hydrogen-bond donors (Lipinski definition) is 2. The summed E-state index contributed by atoms with van der Waals surface area (Å²) in [4.78, 5) is 12.5. The molecule has 0 spiro atoms. The van der Waals surface area contributed by atoms with Crippen molar-refractivity contribution in [3.05, 3.63) is 58.7 Å². The Kier molecular flexibility index (Phi) is 8.12. The first-order chi connectivity index (χ1) is 13.5. The third-order valence-electron chi connectivity index (χ3n) is 4.49. The van der Waals surface area contributed by atoms with Gasteiger partial charge in [0.2, 0.25) is 0 Å². The quantitative estimate of drug-likeness (QED) is 0.409. The van der Waals surface area contributed by atoms with Gasteiger partial charge < -0.3 is 14.9 Å². The summed E-state index contributed by atoms with van der Waals surface area (Å²) in [6.45, 7) is 6.77. The lowest BCUT2D eigenvalue weighted by molar-refractivity contribution is 0.104. The minimum atomic E-state index is -0.196. The van der Waals surface area contributed by atoms with Crippen LogP contribution in [0.5, 0.6) is 17.2 Å². The molecular formula is C24H30O4. The third-order valence-corrected chi connectivity index (χ3v) is 4.49. The molecule has 2 N–H and O–H groups in total. The molecule has 0 aliphatic rings. The lowest BCUT2D eigenvalue weighted by Crippen LogP contribution is -2.04. The van der Waals surface area contributed by atoms with Crippen LogP contribution < -0.4 is 4.74 Å². The Balaban J connectivity index is 2.48. The van der Waals surface area contributed by atoms with Gasteiger partial charge in [0.15, 0.2) is 5.78 Å². The van der Waals surface area contributed by atoms with Crippen LogP contribution in [0.15, 0.2) is 36.4 Å². The number of benzene rings is 2. The van der Waals surface area contributed by atoms with Crippen molar-refractivity contribution in [3.63, 3.8) is 0 Å². The highest BCUT2D eigenvalue weighted by molar-refractivity contribution is 6.07. The zero-order chi connectivity index (χ0) is 20.5. The number of hydrogen-bond acceptors (Lipinski definition) is 4. The van der Waals surface area contributed by atoms with Crippen LogP contribution in [-0.4, -0.2) is 22.6 Å². The Labute approximate surface area is 167 Å². The molecule has 0 amide bonds. The monoisotopic (exact) mass is 382 g/mol. The fraction of sp³-hybridized carbons (Fsp3) is 0.375. The van der Waals surface area contributed by atoms with E-state index in [1.54, 1.807) is 18.2 Å². The molecule has 4 nitrogen and oxygen atoms in total. The number of phenolic OH excluding ortho intramolecular Hbond substituents is 2. The fourth-order valence-corrected chi connectivity index (χ4v) is 3.12. The van der Waals surface area contributed by atoms with Gasteiger partial charge in [-0.05, 0) is 72.9 Å². The molecule has 0 radical (unpaired) electrons. The number of rotatable bonds is 10. The van der Waals surface area contributed by atoms with Crippen LogP contribution in [0.3, 0.4) is 0 Å². The molecule has 0 saturated heterocycles. The van der Waals surface area contributed by atoms with E-state index in [1.807, 2.05) is 13.0 Å². The highest BCUT2D eigenvalue weighted by Gasteiger charge is 2.17. The largest absolute Gasteiger partial charge is 0.508 e. The van der Waals surface area contributed by atoms with Crippen molar-refractivity contribution in [2.24, 2.45) is 0 Å². The Bertz CT molecular complexity index is 819. The molecule has 0 aliphatic heterocycles. The van der Waals surface area contributed by atoms with Crippen LogP contribution >= 0.6 is 0 Å². The molecule has 150 valence electrons. The van der Waals surface area contributed by atoms with Crippen LogP contribution in [0.4, 0.5) is 0 Å². The van der Waals surface area contributed by atoms with Crippen molar-refractivity contribution in [2.75, 3.05) is 6.61 Å². The summed E-state index contributed by atoms with van der Waals surface area (Å²) in [5, 5.41) is 20.2. The van der Waals surface area contributed by atoms with E-state index < -0.39 is 0 Å². The van der Waals surface area contributed by atoms with Crippen molar-refractivity contribution in [3.8, 4) is 17.2 Å². The standard InChI is InChI=1S/C24H30O4/c1-4-7-18-16-19(8-5-2)24(28-15-6-3)21(23(18)27)13-14-22(26)17-9-11-20(25)12-10-17/h9-14,16,25,27H,4-8,15H2,1-3H3. The number of allylic oxidation sites excluding steroid dienone is 1. The van der Waals surface area contributed by atoms with E-state index in [0.29, 0.717) is 23.5 Å². The van der Waals surface area contributed by atoms with E-state index >= 15 is 0 Å². The summed E-state index contributed by atoms with van der Waals surface area (Å²) in [7, 11) is 0. The van der Waals surface area contributed by atoms with Crippen LogP contribution in [0.25, 0.3) is 6.08 Å². The zero-order valence-corrected chi connectivity index (χ0v) is 17.0. The second-order valence-corrected chi connectivity index (χ2v) is 6.88. The molecule has 4 heteroatoms. The summed E-state index contributed by atoms with van der Waals surface area (Å²) < 4.78 is 5.98. The Morgan fingerprint density at radius 2 is 1.61 bits per heavy atom. The summed E-state index contributed by atoms with van der Waals surface area (Å²) in [6.07, 6.45) is 7.46. The molecular weight excluding hydrogens is 352 g/mol. The van der Waals surface area contributed by atoms with Crippen molar-refractivity contribution in [1.29, 1.82) is 0 Å². The van der Waals surface area contributed by atoms with Crippen molar-refractivity contribution >= 4 is 11.9 Å². The number of aromatic hydroxyl groups is 2. The second kappa shape index (κ2) is 10.5. The highest BCUT2D eigenvalue weighted by Crippen LogP contribution is 2.38. The molecule has 0 aromatic heterocycles. The molecule has 0 unspecified atom stereocenters. The number of carbonyl (C=O) groups excluding carboxylic acids is 1. The van der Waals surface area contributed by atoms with E-state index in [-0.39, 0.29) is 17.3 Å². The summed E-state index contributed by atoms with van der Waals surface area (Å²) >= 11 is 0. The topological polar surface area (TPSA) is 66.8 Å². The van der Waals surface area contributed by atoms with Crippen LogP contribution in [0.2, 0.25) is 0 Å². The van der Waals surface area contributed by atoms with E-state index in [9.17, 15) is 15.0 Å². The summed E-state index contributed by atoms with van der Waals surface area (Å²) in [6, 6.07) is 8.15. The molecule has 0 aliphatic carbocycles. The maximum atomic E-state index is 12.5. The fourth-order valence-electron chi connectivity index (χ4n) is 3.12. The summed E-state index contributed by atoms with van der Waals surface area (Å²) in [5.74, 6) is 0.766. The molecule has 0 heterocycles. The van der Waals surface area contributed by atoms with E-state index in [4.69, 9.17) is 4.74 Å². The zero-order valence-electron chi connectivity index (χ0n) is 17.0. The maximum absolute atomic E-state index is 12.5. The Morgan fingerprint density at radius 3 is 2.21 bits per heavy atom. The minimum absolute atomic E-state index is 0.116. The normalized spacial score (nSPS) is 11.1. The average Bonchev–Trinajstić information content (AvgIpc) is 2.69. The first-order valence-electron chi connectivity index (χ1n) is 10.0. The number of ether oxygens (including phenoxy) is 1. The Morgan fingerprint density at radius 1 is 0.964 bits per heavy atom. The van der Waals surface area contributed by atoms with Crippen LogP contribution in [0, 0.1) is 0 Å². The number of phenols is 2. The smallest absolute Gasteiger partial charge is 0.185 e. The lowest BCUT2D eigenvalue weighted by atomic mass is 9.96. The number of carbonyl (C=O) groups is 1. The van der Waals surface area contributed by atoms with E-state index in [1.165, 1.54) is 18.2 Å². The van der Waals surface area contributed by atoms with Gasteiger partial charge in [-0.25, -0.2) is 0 Å². The predicted octanol–water partition coefficient (Wildman–Crippen LogP) is 5.69. The summed E-state index contributed by atoms with van der Waals surface area (Å²) in [5.41, 5.74) is 2.98. The second-order valence-electron chi connectivity index (χ2n) is 6.88. The third kappa shape index (κ3) is 5.38. The van der Waals surface area contributed by atoms with E-state index in [0.717, 1.165) is 43.2 Å². The highest BCUT2D eigenvalue weighted by atomic mass is 16.5. The molecule has 2 aromatic rings.